The molecular formula is C21H21ClN2O4S. The van der Waals surface area contributed by atoms with Crippen molar-refractivity contribution in [1.82, 2.24) is 0 Å². The highest BCUT2D eigenvalue weighted by molar-refractivity contribution is 8.00. The number of halogens is 1. The fraction of sp³-hybridized carbons (Fsp3) is 0.190. The Hall–Kier alpha value is -2.77. The van der Waals surface area contributed by atoms with E-state index in [0.717, 1.165) is 22.6 Å². The van der Waals surface area contributed by atoms with Crippen LogP contribution in [0.25, 0.3) is 0 Å². The number of carboxylic acids is 1. The van der Waals surface area contributed by atoms with Crippen LogP contribution in [0.3, 0.4) is 0 Å². The van der Waals surface area contributed by atoms with Crippen LogP contribution in [-0.4, -0.2) is 28.1 Å². The van der Waals surface area contributed by atoms with Crippen molar-refractivity contribution in [2.75, 3.05) is 10.6 Å². The van der Waals surface area contributed by atoms with Crippen LogP contribution in [0.15, 0.2) is 59.5 Å². The average Bonchev–Trinajstić information content (AvgIpc) is 2.67. The van der Waals surface area contributed by atoms with E-state index in [4.69, 9.17) is 16.7 Å². The number of amides is 2. The molecule has 0 saturated heterocycles. The number of hydrogen-bond acceptors (Lipinski definition) is 4. The van der Waals surface area contributed by atoms with Crippen molar-refractivity contribution in [1.29, 1.82) is 0 Å². The van der Waals surface area contributed by atoms with Gasteiger partial charge < -0.3 is 15.7 Å². The van der Waals surface area contributed by atoms with Gasteiger partial charge in [-0.15, -0.1) is 11.8 Å². The molecule has 0 aromatic heterocycles. The fourth-order valence-electron chi connectivity index (χ4n) is 2.41. The summed E-state index contributed by atoms with van der Waals surface area (Å²) in [6.45, 7) is 3.81. The molecule has 3 N–H and O–H groups in total. The van der Waals surface area contributed by atoms with Gasteiger partial charge in [-0.3, -0.25) is 9.59 Å². The minimum atomic E-state index is -1.20. The van der Waals surface area contributed by atoms with E-state index in [0.29, 0.717) is 22.8 Å². The molecule has 0 aliphatic rings. The predicted molar refractivity (Wildman–Crippen MR) is 117 cm³/mol. The molecule has 2 amide bonds. The Morgan fingerprint density at radius 1 is 1.14 bits per heavy atom. The molecule has 2 rings (SSSR count). The van der Waals surface area contributed by atoms with Gasteiger partial charge in [-0.2, -0.15) is 0 Å². The lowest BCUT2D eigenvalue weighted by atomic mass is 10.2. The van der Waals surface area contributed by atoms with Gasteiger partial charge in [0.25, 0.3) is 0 Å². The number of hydrogen-bond donors (Lipinski definition) is 3. The van der Waals surface area contributed by atoms with Crippen LogP contribution in [0.4, 0.5) is 11.4 Å². The fourth-order valence-corrected chi connectivity index (χ4v) is 3.59. The van der Waals surface area contributed by atoms with Gasteiger partial charge in [0.2, 0.25) is 11.8 Å². The summed E-state index contributed by atoms with van der Waals surface area (Å²) in [5.41, 5.74) is 2.10. The van der Waals surface area contributed by atoms with Gasteiger partial charge in [-0.25, -0.2) is 4.79 Å². The molecule has 0 spiro atoms. The van der Waals surface area contributed by atoms with Gasteiger partial charge in [0, 0.05) is 33.4 Å². The number of benzene rings is 2. The minimum absolute atomic E-state index is 0.137. The van der Waals surface area contributed by atoms with Crippen LogP contribution < -0.4 is 10.6 Å². The van der Waals surface area contributed by atoms with E-state index in [9.17, 15) is 14.4 Å². The Balaban J connectivity index is 2.06. The van der Waals surface area contributed by atoms with E-state index in [1.807, 2.05) is 26.0 Å². The van der Waals surface area contributed by atoms with Crippen LogP contribution in [-0.2, 0) is 14.4 Å². The summed E-state index contributed by atoms with van der Waals surface area (Å²) >= 11 is 7.39. The second-order valence-electron chi connectivity index (χ2n) is 6.15. The number of carbonyl (C=O) groups excluding carboxylic acids is 2. The quantitative estimate of drug-likeness (QED) is 0.413. The first kappa shape index (κ1) is 22.5. The average molecular weight is 433 g/mol. The normalized spacial score (nSPS) is 11.8. The third kappa shape index (κ3) is 7.29. The molecule has 0 fully saturated rings. The summed E-state index contributed by atoms with van der Waals surface area (Å²) in [7, 11) is 0. The zero-order valence-electron chi connectivity index (χ0n) is 15.9. The zero-order valence-corrected chi connectivity index (χ0v) is 17.5. The maximum Gasteiger partial charge on any atom is 0.328 e. The van der Waals surface area contributed by atoms with Crippen molar-refractivity contribution >= 4 is 52.5 Å². The second kappa shape index (κ2) is 10.7. The standard InChI is InChI=1S/C21H21ClN2O4S/c1-3-18(21(28)24-17-11-14(22)8-7-13(17)2)29-16-6-4-5-15(12-16)23-19(25)9-10-20(26)27/h4-12,18H,3H2,1-2H3,(H,23,25)(H,24,28)(H,26,27)/b10-9+. The zero-order chi connectivity index (χ0) is 21.4. The lowest BCUT2D eigenvalue weighted by molar-refractivity contribution is -0.131. The molecule has 0 saturated carbocycles. The van der Waals surface area contributed by atoms with Crippen molar-refractivity contribution in [2.24, 2.45) is 0 Å². The molecule has 0 heterocycles. The van der Waals surface area contributed by atoms with Crippen LogP contribution >= 0.6 is 23.4 Å². The molecule has 6 nitrogen and oxygen atoms in total. The first-order chi connectivity index (χ1) is 13.8. The van der Waals surface area contributed by atoms with Crippen molar-refractivity contribution in [3.05, 3.63) is 65.2 Å². The van der Waals surface area contributed by atoms with E-state index in [-0.39, 0.29) is 11.2 Å². The third-order valence-electron chi connectivity index (χ3n) is 3.88. The molecule has 2 aromatic carbocycles. The van der Waals surface area contributed by atoms with Crippen LogP contribution in [0, 0.1) is 6.92 Å². The van der Waals surface area contributed by atoms with E-state index in [1.165, 1.54) is 11.8 Å². The first-order valence-corrected chi connectivity index (χ1v) is 10.1. The largest absolute Gasteiger partial charge is 0.478 e. The molecule has 2 aromatic rings. The molecule has 29 heavy (non-hydrogen) atoms. The molecule has 152 valence electrons. The molecule has 8 heteroatoms. The second-order valence-corrected chi connectivity index (χ2v) is 7.86. The SMILES string of the molecule is CCC(Sc1cccc(NC(=O)/C=C/C(=O)O)c1)C(=O)Nc1cc(Cl)ccc1C. The maximum atomic E-state index is 12.7. The Bertz CT molecular complexity index is 946. The van der Waals surface area contributed by atoms with Gasteiger partial charge in [-0.05, 0) is 49.2 Å². The monoisotopic (exact) mass is 432 g/mol. The van der Waals surface area contributed by atoms with Crippen LogP contribution in [0.2, 0.25) is 5.02 Å². The number of carbonyl (C=O) groups is 3. The van der Waals surface area contributed by atoms with Crippen molar-refractivity contribution < 1.29 is 19.5 Å². The number of aryl methyl sites for hydroxylation is 1. The summed E-state index contributed by atoms with van der Waals surface area (Å²) in [5, 5.41) is 14.3. The highest BCUT2D eigenvalue weighted by atomic mass is 35.5. The highest BCUT2D eigenvalue weighted by Gasteiger charge is 2.19. The number of anilines is 2. The molecule has 0 radical (unpaired) electrons. The molecular weight excluding hydrogens is 412 g/mol. The highest BCUT2D eigenvalue weighted by Crippen LogP contribution is 2.29. The van der Waals surface area contributed by atoms with Crippen molar-refractivity contribution in [2.45, 2.75) is 30.4 Å². The van der Waals surface area contributed by atoms with E-state index in [2.05, 4.69) is 10.6 Å². The summed E-state index contributed by atoms with van der Waals surface area (Å²) in [6, 6.07) is 12.3. The predicted octanol–water partition coefficient (Wildman–Crippen LogP) is 4.74. The van der Waals surface area contributed by atoms with E-state index >= 15 is 0 Å². The van der Waals surface area contributed by atoms with E-state index < -0.39 is 11.9 Å². The number of carboxylic acid groups (broad SMARTS) is 1. The molecule has 1 unspecified atom stereocenters. The molecule has 0 aliphatic heterocycles. The summed E-state index contributed by atoms with van der Waals surface area (Å²) in [5.74, 6) is -1.88. The van der Waals surface area contributed by atoms with Crippen molar-refractivity contribution in [3.63, 3.8) is 0 Å². The number of rotatable bonds is 8. The Labute approximate surface area is 178 Å². The number of aliphatic carboxylic acids is 1. The lowest BCUT2D eigenvalue weighted by Gasteiger charge is -2.16. The Morgan fingerprint density at radius 3 is 2.59 bits per heavy atom. The Morgan fingerprint density at radius 2 is 1.90 bits per heavy atom. The number of nitrogens with one attached hydrogen (secondary N) is 2. The van der Waals surface area contributed by atoms with Gasteiger partial charge >= 0.3 is 5.97 Å². The van der Waals surface area contributed by atoms with Crippen molar-refractivity contribution in [3.8, 4) is 0 Å². The Kier molecular flexibility index (Phi) is 8.30. The van der Waals surface area contributed by atoms with Gasteiger partial charge in [0.05, 0.1) is 5.25 Å². The van der Waals surface area contributed by atoms with Gasteiger partial charge in [0.15, 0.2) is 0 Å². The summed E-state index contributed by atoms with van der Waals surface area (Å²) < 4.78 is 0. The minimum Gasteiger partial charge on any atom is -0.478 e. The molecule has 0 bridgehead atoms. The van der Waals surface area contributed by atoms with Crippen LogP contribution in [0.1, 0.15) is 18.9 Å². The summed E-state index contributed by atoms with van der Waals surface area (Å²) in [4.78, 5) is 35.7. The van der Waals surface area contributed by atoms with E-state index in [1.54, 1.807) is 30.3 Å². The van der Waals surface area contributed by atoms with Gasteiger partial charge in [-0.1, -0.05) is 30.7 Å². The molecule has 0 aliphatic carbocycles. The third-order valence-corrected chi connectivity index (χ3v) is 5.47. The first-order valence-electron chi connectivity index (χ1n) is 8.84. The lowest BCUT2D eigenvalue weighted by Crippen LogP contribution is -2.25. The smallest absolute Gasteiger partial charge is 0.328 e. The topological polar surface area (TPSA) is 95.5 Å². The number of thioether (sulfide) groups is 1. The van der Waals surface area contributed by atoms with Crippen LogP contribution in [0.5, 0.6) is 0 Å². The van der Waals surface area contributed by atoms with Gasteiger partial charge in [0.1, 0.15) is 0 Å². The maximum absolute atomic E-state index is 12.7. The molecule has 1 atom stereocenters. The summed E-state index contributed by atoms with van der Waals surface area (Å²) in [6.07, 6.45) is 2.31.